The van der Waals surface area contributed by atoms with E-state index in [1.54, 1.807) is 24.8 Å². The lowest BCUT2D eigenvalue weighted by Crippen LogP contribution is -2.09. The first-order valence-corrected chi connectivity index (χ1v) is 7.34. The lowest BCUT2D eigenvalue weighted by molar-refractivity contribution is 0.160. The molecule has 2 aromatic rings. The number of aliphatic hydroxyl groups is 1. The van der Waals surface area contributed by atoms with Gasteiger partial charge in [0.25, 0.3) is 0 Å². The standard InChI is InChI=1S/C17H20N4O/c22-17(7-11-18-13-15-5-1-3-9-20-15)8-12-19-14-16-6-2-4-10-21-16/h1-6,9-10,13-14,17,22H,7-8,11-12H2. The van der Waals surface area contributed by atoms with Crippen LogP contribution in [0.4, 0.5) is 0 Å². The average Bonchev–Trinajstić information content (AvgIpc) is 2.57. The molecule has 0 radical (unpaired) electrons. The maximum absolute atomic E-state index is 9.86. The minimum Gasteiger partial charge on any atom is -0.393 e. The number of hydrogen-bond donors (Lipinski definition) is 1. The molecule has 0 unspecified atom stereocenters. The van der Waals surface area contributed by atoms with Crippen molar-refractivity contribution in [2.45, 2.75) is 18.9 Å². The van der Waals surface area contributed by atoms with E-state index in [0.717, 1.165) is 11.4 Å². The SMILES string of the molecule is OC(CCN=Cc1ccccn1)CCN=Cc1ccccn1. The molecule has 0 saturated carbocycles. The Morgan fingerprint density at radius 3 is 1.77 bits per heavy atom. The minimum atomic E-state index is -0.387. The second-order valence-electron chi connectivity index (χ2n) is 4.81. The maximum atomic E-state index is 9.86. The molecule has 0 atom stereocenters. The van der Waals surface area contributed by atoms with Crippen LogP contribution in [0, 0.1) is 0 Å². The Labute approximate surface area is 130 Å². The van der Waals surface area contributed by atoms with Crippen molar-refractivity contribution in [3.8, 4) is 0 Å². The quantitative estimate of drug-likeness (QED) is 0.759. The van der Waals surface area contributed by atoms with Gasteiger partial charge in [-0.2, -0.15) is 0 Å². The summed E-state index contributed by atoms with van der Waals surface area (Å²) in [4.78, 5) is 16.8. The van der Waals surface area contributed by atoms with Gasteiger partial charge in [0, 0.05) is 37.9 Å². The van der Waals surface area contributed by atoms with E-state index in [-0.39, 0.29) is 6.10 Å². The highest BCUT2D eigenvalue weighted by Crippen LogP contribution is 1.99. The third kappa shape index (κ3) is 6.37. The second-order valence-corrected chi connectivity index (χ2v) is 4.81. The molecule has 1 N–H and O–H groups in total. The lowest BCUT2D eigenvalue weighted by atomic mass is 10.2. The number of aliphatic imine (C=N–C) groups is 2. The van der Waals surface area contributed by atoms with Gasteiger partial charge in [-0.15, -0.1) is 0 Å². The summed E-state index contributed by atoms with van der Waals surface area (Å²) in [6.07, 6.45) is 7.79. The summed E-state index contributed by atoms with van der Waals surface area (Å²) in [5.41, 5.74) is 1.66. The Morgan fingerprint density at radius 1 is 0.864 bits per heavy atom. The zero-order valence-electron chi connectivity index (χ0n) is 12.4. The Bertz CT molecular complexity index is 531. The smallest absolute Gasteiger partial charge is 0.0807 e. The van der Waals surface area contributed by atoms with E-state index < -0.39 is 0 Å². The van der Waals surface area contributed by atoms with E-state index in [9.17, 15) is 5.11 Å². The van der Waals surface area contributed by atoms with Gasteiger partial charge >= 0.3 is 0 Å². The fourth-order valence-corrected chi connectivity index (χ4v) is 1.81. The van der Waals surface area contributed by atoms with Crippen LogP contribution in [0.2, 0.25) is 0 Å². The van der Waals surface area contributed by atoms with Gasteiger partial charge in [-0.3, -0.25) is 20.0 Å². The van der Waals surface area contributed by atoms with Crippen molar-refractivity contribution in [2.24, 2.45) is 9.98 Å². The van der Waals surface area contributed by atoms with E-state index in [2.05, 4.69) is 20.0 Å². The topological polar surface area (TPSA) is 70.7 Å². The molecule has 22 heavy (non-hydrogen) atoms. The summed E-state index contributed by atoms with van der Waals surface area (Å²) in [5.74, 6) is 0. The van der Waals surface area contributed by atoms with Crippen LogP contribution < -0.4 is 0 Å². The molecule has 0 aliphatic heterocycles. The van der Waals surface area contributed by atoms with Crippen molar-refractivity contribution in [3.05, 3.63) is 60.2 Å². The van der Waals surface area contributed by atoms with Crippen LogP contribution in [0.1, 0.15) is 24.2 Å². The summed E-state index contributed by atoms with van der Waals surface area (Å²) in [5, 5.41) is 9.86. The van der Waals surface area contributed by atoms with Gasteiger partial charge in [-0.25, -0.2) is 0 Å². The van der Waals surface area contributed by atoms with Gasteiger partial charge < -0.3 is 5.11 Å². The zero-order chi connectivity index (χ0) is 15.5. The van der Waals surface area contributed by atoms with Crippen LogP contribution in [0.3, 0.4) is 0 Å². The van der Waals surface area contributed by atoms with Crippen LogP contribution in [-0.4, -0.2) is 46.7 Å². The average molecular weight is 296 g/mol. The summed E-state index contributed by atoms with van der Waals surface area (Å²) in [6, 6.07) is 11.4. The van der Waals surface area contributed by atoms with Gasteiger partial charge in [0.2, 0.25) is 0 Å². The predicted molar refractivity (Wildman–Crippen MR) is 88.6 cm³/mol. The molecule has 0 aliphatic carbocycles. The number of rotatable bonds is 8. The molecule has 5 heteroatoms. The molecule has 0 aliphatic rings. The van der Waals surface area contributed by atoms with Crippen molar-refractivity contribution in [3.63, 3.8) is 0 Å². The zero-order valence-corrected chi connectivity index (χ0v) is 12.4. The molecular formula is C17H20N4O. The van der Waals surface area contributed by atoms with Gasteiger partial charge in [0.05, 0.1) is 17.5 Å². The molecule has 0 amide bonds. The van der Waals surface area contributed by atoms with Gasteiger partial charge in [0.1, 0.15) is 0 Å². The van der Waals surface area contributed by atoms with Gasteiger partial charge in [-0.05, 0) is 37.1 Å². The number of aliphatic hydroxyl groups excluding tert-OH is 1. The summed E-state index contributed by atoms with van der Waals surface area (Å²) in [7, 11) is 0. The van der Waals surface area contributed by atoms with Crippen molar-refractivity contribution < 1.29 is 5.11 Å². The molecule has 0 fully saturated rings. The molecular weight excluding hydrogens is 276 g/mol. The van der Waals surface area contributed by atoms with Crippen molar-refractivity contribution >= 4 is 12.4 Å². The molecule has 0 spiro atoms. The summed E-state index contributed by atoms with van der Waals surface area (Å²) >= 11 is 0. The first kappa shape index (κ1) is 16.0. The molecule has 5 nitrogen and oxygen atoms in total. The Hall–Kier alpha value is -2.40. The van der Waals surface area contributed by atoms with Crippen molar-refractivity contribution in [1.29, 1.82) is 0 Å². The highest BCUT2D eigenvalue weighted by atomic mass is 16.3. The van der Waals surface area contributed by atoms with E-state index >= 15 is 0 Å². The normalized spacial score (nSPS) is 13.0. The molecule has 0 bridgehead atoms. The number of aromatic nitrogens is 2. The Balaban J connectivity index is 1.61. The van der Waals surface area contributed by atoms with E-state index in [1.807, 2.05) is 36.4 Å². The molecule has 2 aromatic heterocycles. The number of pyridine rings is 2. The second kappa shape index (κ2) is 9.52. The molecule has 0 saturated heterocycles. The molecule has 0 aromatic carbocycles. The number of nitrogens with zero attached hydrogens (tertiary/aromatic N) is 4. The van der Waals surface area contributed by atoms with Crippen LogP contribution in [0.15, 0.2) is 58.8 Å². The number of hydrogen-bond acceptors (Lipinski definition) is 5. The molecule has 2 heterocycles. The lowest BCUT2D eigenvalue weighted by Gasteiger charge is -2.06. The first-order chi connectivity index (χ1) is 10.8. The van der Waals surface area contributed by atoms with Gasteiger partial charge in [0.15, 0.2) is 0 Å². The van der Waals surface area contributed by atoms with E-state index in [4.69, 9.17) is 0 Å². The van der Waals surface area contributed by atoms with Crippen LogP contribution in [0.25, 0.3) is 0 Å². The summed E-state index contributed by atoms with van der Waals surface area (Å²) < 4.78 is 0. The predicted octanol–water partition coefficient (Wildman–Crippen LogP) is 2.16. The maximum Gasteiger partial charge on any atom is 0.0807 e. The van der Waals surface area contributed by atoms with Gasteiger partial charge in [-0.1, -0.05) is 12.1 Å². The fraction of sp³-hybridized carbons (Fsp3) is 0.294. The van der Waals surface area contributed by atoms with Crippen molar-refractivity contribution in [1.82, 2.24) is 9.97 Å². The largest absolute Gasteiger partial charge is 0.393 e. The monoisotopic (exact) mass is 296 g/mol. The van der Waals surface area contributed by atoms with E-state index in [1.165, 1.54) is 0 Å². The molecule has 114 valence electrons. The Morgan fingerprint density at radius 2 is 1.36 bits per heavy atom. The molecule has 2 rings (SSSR count). The third-order valence-electron chi connectivity index (χ3n) is 3.01. The fourth-order valence-electron chi connectivity index (χ4n) is 1.81. The Kier molecular flexibility index (Phi) is 6.92. The highest BCUT2D eigenvalue weighted by Gasteiger charge is 2.01. The minimum absolute atomic E-state index is 0.387. The highest BCUT2D eigenvalue weighted by molar-refractivity contribution is 5.77. The summed E-state index contributed by atoms with van der Waals surface area (Å²) in [6.45, 7) is 1.17. The third-order valence-corrected chi connectivity index (χ3v) is 3.01. The van der Waals surface area contributed by atoms with Crippen LogP contribution >= 0.6 is 0 Å². The van der Waals surface area contributed by atoms with E-state index in [0.29, 0.717) is 25.9 Å². The van der Waals surface area contributed by atoms with Crippen LogP contribution in [0.5, 0.6) is 0 Å². The van der Waals surface area contributed by atoms with Crippen LogP contribution in [-0.2, 0) is 0 Å². The van der Waals surface area contributed by atoms with Crippen molar-refractivity contribution in [2.75, 3.05) is 13.1 Å². The first-order valence-electron chi connectivity index (χ1n) is 7.34.